The van der Waals surface area contributed by atoms with Gasteiger partial charge >= 0.3 is 0 Å². The van der Waals surface area contributed by atoms with Crippen molar-refractivity contribution in [1.82, 2.24) is 24.4 Å². The topological polar surface area (TPSA) is 73.1 Å². The predicted molar refractivity (Wildman–Crippen MR) is 110 cm³/mol. The molecule has 4 heterocycles. The Labute approximate surface area is 178 Å². The first-order chi connectivity index (χ1) is 14.4. The molecule has 0 fully saturated rings. The van der Waals surface area contributed by atoms with Crippen LogP contribution >= 0.6 is 11.6 Å². The standard InChI is InChI=1S/C21H21ClFN5O2/c1-12-7-24-21(22)26-19(12)14-6-18-20(29)28(16(11-30-3)10-27(18)8-14)9-15-4-5-17(23)13(2)25-15/h4-8,16H,9-11H2,1-3H3. The first-order valence-corrected chi connectivity index (χ1v) is 9.86. The van der Waals surface area contributed by atoms with Crippen molar-refractivity contribution in [3.63, 3.8) is 0 Å². The Bertz CT molecular complexity index is 1120. The third kappa shape index (κ3) is 3.80. The van der Waals surface area contributed by atoms with Crippen LogP contribution in [0.4, 0.5) is 4.39 Å². The van der Waals surface area contributed by atoms with Crippen LogP contribution < -0.4 is 0 Å². The average molecular weight is 430 g/mol. The van der Waals surface area contributed by atoms with E-state index < -0.39 is 0 Å². The number of aromatic nitrogens is 4. The van der Waals surface area contributed by atoms with E-state index in [9.17, 15) is 9.18 Å². The predicted octanol–water partition coefficient (Wildman–Crippen LogP) is 3.42. The van der Waals surface area contributed by atoms with Crippen LogP contribution in [0.15, 0.2) is 30.6 Å². The summed E-state index contributed by atoms with van der Waals surface area (Å²) in [7, 11) is 1.60. The van der Waals surface area contributed by atoms with Gasteiger partial charge in [-0.15, -0.1) is 0 Å². The van der Waals surface area contributed by atoms with Gasteiger partial charge in [-0.05, 0) is 49.2 Å². The fraction of sp³-hybridized carbons (Fsp3) is 0.333. The van der Waals surface area contributed by atoms with Crippen molar-refractivity contribution in [3.05, 3.63) is 64.3 Å². The van der Waals surface area contributed by atoms with Crippen LogP contribution in [0.25, 0.3) is 11.3 Å². The molecule has 0 aliphatic carbocycles. The number of aryl methyl sites for hydroxylation is 2. The lowest BCUT2D eigenvalue weighted by Gasteiger charge is -2.36. The van der Waals surface area contributed by atoms with E-state index in [1.54, 1.807) is 31.2 Å². The van der Waals surface area contributed by atoms with Gasteiger partial charge < -0.3 is 14.2 Å². The second kappa shape index (κ2) is 8.12. The number of hydrogen-bond donors (Lipinski definition) is 0. The van der Waals surface area contributed by atoms with Gasteiger partial charge in [-0.1, -0.05) is 0 Å². The summed E-state index contributed by atoms with van der Waals surface area (Å²) in [6.07, 6.45) is 3.56. The smallest absolute Gasteiger partial charge is 0.271 e. The van der Waals surface area contributed by atoms with Crippen LogP contribution in [-0.4, -0.2) is 50.1 Å². The zero-order valence-electron chi connectivity index (χ0n) is 16.9. The summed E-state index contributed by atoms with van der Waals surface area (Å²) in [5, 5.41) is 0.155. The number of hydrogen-bond acceptors (Lipinski definition) is 5. The molecule has 0 saturated heterocycles. The van der Waals surface area contributed by atoms with Gasteiger partial charge in [-0.3, -0.25) is 9.78 Å². The first kappa shape index (κ1) is 20.4. The molecule has 3 aromatic heterocycles. The van der Waals surface area contributed by atoms with Crippen molar-refractivity contribution in [1.29, 1.82) is 0 Å². The van der Waals surface area contributed by atoms with Crippen LogP contribution in [0.3, 0.4) is 0 Å². The Balaban J connectivity index is 1.69. The molecule has 156 valence electrons. The summed E-state index contributed by atoms with van der Waals surface area (Å²) >= 11 is 5.97. The highest BCUT2D eigenvalue weighted by Crippen LogP contribution is 2.29. The average Bonchev–Trinajstić information content (AvgIpc) is 3.14. The highest BCUT2D eigenvalue weighted by molar-refractivity contribution is 6.28. The Morgan fingerprint density at radius 2 is 2.10 bits per heavy atom. The molecule has 0 aromatic carbocycles. The summed E-state index contributed by atoms with van der Waals surface area (Å²) in [5.74, 6) is -0.509. The van der Waals surface area contributed by atoms with E-state index in [1.165, 1.54) is 6.07 Å². The molecule has 1 aliphatic rings. The first-order valence-electron chi connectivity index (χ1n) is 9.49. The van der Waals surface area contributed by atoms with Gasteiger partial charge in [0, 0.05) is 31.6 Å². The Hall–Kier alpha value is -2.84. The molecule has 0 spiro atoms. The van der Waals surface area contributed by atoms with E-state index >= 15 is 0 Å². The van der Waals surface area contributed by atoms with Crippen molar-refractivity contribution in [2.45, 2.75) is 33.0 Å². The molecule has 1 atom stereocenters. The Morgan fingerprint density at radius 3 is 2.83 bits per heavy atom. The molecular weight excluding hydrogens is 409 g/mol. The van der Waals surface area contributed by atoms with E-state index in [-0.39, 0.29) is 29.6 Å². The maximum atomic E-state index is 13.6. The van der Waals surface area contributed by atoms with Crippen LogP contribution in [0.5, 0.6) is 0 Å². The van der Waals surface area contributed by atoms with Gasteiger partial charge in [0.1, 0.15) is 11.5 Å². The van der Waals surface area contributed by atoms with Crippen LogP contribution in [0, 0.1) is 19.7 Å². The molecular formula is C21H21ClFN5O2. The zero-order valence-corrected chi connectivity index (χ0v) is 17.6. The summed E-state index contributed by atoms with van der Waals surface area (Å²) < 4.78 is 20.9. The lowest BCUT2D eigenvalue weighted by atomic mass is 10.1. The molecule has 0 saturated carbocycles. The van der Waals surface area contributed by atoms with E-state index in [4.69, 9.17) is 16.3 Å². The normalized spacial score (nSPS) is 16.1. The highest BCUT2D eigenvalue weighted by Gasteiger charge is 2.33. The van der Waals surface area contributed by atoms with Gasteiger partial charge in [0.25, 0.3) is 5.91 Å². The summed E-state index contributed by atoms with van der Waals surface area (Å²) in [4.78, 5) is 27.7. The minimum Gasteiger partial charge on any atom is -0.382 e. The minimum absolute atomic E-state index is 0.142. The molecule has 3 aromatic rings. The molecule has 0 radical (unpaired) electrons. The van der Waals surface area contributed by atoms with Crippen molar-refractivity contribution in [2.75, 3.05) is 13.7 Å². The molecule has 1 unspecified atom stereocenters. The lowest BCUT2D eigenvalue weighted by Crippen LogP contribution is -2.49. The molecule has 0 bridgehead atoms. The Kier molecular flexibility index (Phi) is 5.53. The monoisotopic (exact) mass is 429 g/mol. The number of nitrogens with zero attached hydrogens (tertiary/aromatic N) is 5. The second-order valence-electron chi connectivity index (χ2n) is 7.35. The molecule has 9 heteroatoms. The quantitative estimate of drug-likeness (QED) is 0.581. The van der Waals surface area contributed by atoms with Crippen molar-refractivity contribution in [3.8, 4) is 11.3 Å². The van der Waals surface area contributed by atoms with E-state index in [2.05, 4.69) is 15.0 Å². The minimum atomic E-state index is -0.366. The molecule has 0 N–H and O–H groups in total. The van der Waals surface area contributed by atoms with Crippen molar-refractivity contribution >= 4 is 17.5 Å². The molecule has 30 heavy (non-hydrogen) atoms. The number of pyridine rings is 1. The summed E-state index contributed by atoms with van der Waals surface area (Å²) in [6, 6.07) is 4.61. The zero-order chi connectivity index (χ0) is 21.4. The fourth-order valence-corrected chi connectivity index (χ4v) is 3.85. The van der Waals surface area contributed by atoms with E-state index in [1.807, 2.05) is 23.8 Å². The number of rotatable bonds is 5. The maximum absolute atomic E-state index is 13.6. The number of halogens is 2. The van der Waals surface area contributed by atoms with Crippen LogP contribution in [-0.2, 0) is 17.8 Å². The highest BCUT2D eigenvalue weighted by atomic mass is 35.5. The molecule has 1 aliphatic heterocycles. The number of carbonyl (C=O) groups is 1. The third-order valence-electron chi connectivity index (χ3n) is 5.21. The van der Waals surface area contributed by atoms with Gasteiger partial charge in [0.2, 0.25) is 5.28 Å². The van der Waals surface area contributed by atoms with Crippen molar-refractivity contribution in [2.24, 2.45) is 0 Å². The number of amides is 1. The number of carbonyl (C=O) groups excluding carboxylic acids is 1. The fourth-order valence-electron chi connectivity index (χ4n) is 3.72. The van der Waals surface area contributed by atoms with E-state index in [0.29, 0.717) is 35.9 Å². The Morgan fingerprint density at radius 1 is 1.30 bits per heavy atom. The largest absolute Gasteiger partial charge is 0.382 e. The van der Waals surface area contributed by atoms with Gasteiger partial charge in [0.15, 0.2) is 0 Å². The number of fused-ring (bicyclic) bond motifs is 1. The number of ether oxygens (including phenoxy) is 1. The third-order valence-corrected chi connectivity index (χ3v) is 5.39. The van der Waals surface area contributed by atoms with Gasteiger partial charge in [-0.25, -0.2) is 14.4 Å². The van der Waals surface area contributed by atoms with Gasteiger partial charge in [0.05, 0.1) is 36.3 Å². The molecule has 7 nitrogen and oxygen atoms in total. The lowest BCUT2D eigenvalue weighted by molar-refractivity contribution is 0.0384. The summed E-state index contributed by atoms with van der Waals surface area (Å²) in [5.41, 5.74) is 3.84. The number of methoxy groups -OCH3 is 1. The van der Waals surface area contributed by atoms with Gasteiger partial charge in [-0.2, -0.15) is 0 Å². The van der Waals surface area contributed by atoms with Crippen LogP contribution in [0.1, 0.15) is 27.4 Å². The molecule has 1 amide bonds. The maximum Gasteiger partial charge on any atom is 0.271 e. The summed E-state index contributed by atoms with van der Waals surface area (Å²) in [6.45, 7) is 4.71. The van der Waals surface area contributed by atoms with E-state index in [0.717, 1.165) is 11.1 Å². The second-order valence-corrected chi connectivity index (χ2v) is 7.69. The van der Waals surface area contributed by atoms with Crippen LogP contribution in [0.2, 0.25) is 5.28 Å². The molecule has 4 rings (SSSR count). The SMILES string of the molecule is COCC1Cn2cc(-c3nc(Cl)ncc3C)cc2C(=O)N1Cc1ccc(F)c(C)n1. The van der Waals surface area contributed by atoms with Crippen molar-refractivity contribution < 1.29 is 13.9 Å².